The number of aryl methyl sites for hydroxylation is 1. The highest BCUT2D eigenvalue weighted by molar-refractivity contribution is 6.34. The van der Waals surface area contributed by atoms with E-state index in [-0.39, 0.29) is 23.7 Å². The molecule has 1 unspecified atom stereocenters. The molecule has 1 aliphatic heterocycles. The maximum absolute atomic E-state index is 14.7. The second-order valence-electron chi connectivity index (χ2n) is 7.70. The summed E-state index contributed by atoms with van der Waals surface area (Å²) in [7, 11) is 0. The highest BCUT2D eigenvalue weighted by Gasteiger charge is 2.30. The van der Waals surface area contributed by atoms with Crippen LogP contribution in [0.4, 0.5) is 19.0 Å². The third-order valence-electron chi connectivity index (χ3n) is 5.34. The molecular formula is C21H19ClF3N7O2. The van der Waals surface area contributed by atoms with E-state index >= 15 is 0 Å². The van der Waals surface area contributed by atoms with Crippen molar-refractivity contribution >= 4 is 29.2 Å². The van der Waals surface area contributed by atoms with Crippen LogP contribution < -0.4 is 16.0 Å². The summed E-state index contributed by atoms with van der Waals surface area (Å²) in [6, 6.07) is 4.99. The molecule has 3 aromatic rings. The molecule has 2 aromatic heterocycles. The molecule has 1 saturated heterocycles. The molecule has 0 saturated carbocycles. The van der Waals surface area contributed by atoms with Crippen molar-refractivity contribution in [1.29, 1.82) is 0 Å². The number of anilines is 1. The smallest absolute Gasteiger partial charge is 0.280 e. The van der Waals surface area contributed by atoms with Crippen LogP contribution in [0.25, 0.3) is 5.69 Å². The Morgan fingerprint density at radius 3 is 2.65 bits per heavy atom. The van der Waals surface area contributed by atoms with Gasteiger partial charge < -0.3 is 16.0 Å². The number of carbonyl (C=O) groups excluding carboxylic acids is 2. The maximum Gasteiger partial charge on any atom is 0.280 e. The normalized spacial score (nSPS) is 15.7. The van der Waals surface area contributed by atoms with E-state index < -0.39 is 47.2 Å². The van der Waals surface area contributed by atoms with Gasteiger partial charge >= 0.3 is 0 Å². The summed E-state index contributed by atoms with van der Waals surface area (Å²) in [5.74, 6) is -2.53. The van der Waals surface area contributed by atoms with Gasteiger partial charge in [-0.2, -0.15) is 5.10 Å². The van der Waals surface area contributed by atoms with Crippen molar-refractivity contribution in [3.63, 3.8) is 0 Å². The number of nitrogens with one attached hydrogen (secondary N) is 1. The van der Waals surface area contributed by atoms with E-state index in [4.69, 9.17) is 17.3 Å². The van der Waals surface area contributed by atoms with Crippen LogP contribution >= 0.6 is 11.6 Å². The Labute approximate surface area is 196 Å². The zero-order valence-electron chi connectivity index (χ0n) is 17.8. The first kappa shape index (κ1) is 23.5. The number of alkyl halides is 2. The van der Waals surface area contributed by atoms with Crippen molar-refractivity contribution in [2.45, 2.75) is 25.8 Å². The molecular weight excluding hydrogens is 475 g/mol. The molecule has 34 heavy (non-hydrogen) atoms. The van der Waals surface area contributed by atoms with Gasteiger partial charge in [0.25, 0.3) is 18.2 Å². The zero-order chi connectivity index (χ0) is 24.6. The summed E-state index contributed by atoms with van der Waals surface area (Å²) < 4.78 is 42.6. The van der Waals surface area contributed by atoms with E-state index in [1.165, 1.54) is 15.9 Å². The Balaban J connectivity index is 1.49. The first-order valence-corrected chi connectivity index (χ1v) is 10.5. The topological polar surface area (TPSA) is 119 Å². The van der Waals surface area contributed by atoms with Gasteiger partial charge in [0.15, 0.2) is 11.6 Å². The summed E-state index contributed by atoms with van der Waals surface area (Å²) in [6.07, 6.45) is -1.10. The molecule has 3 N–H and O–H groups in total. The second-order valence-corrected chi connectivity index (χ2v) is 8.11. The SMILES string of the molecule is Cc1ncn(-c2ccc(C(=O)NC3CCN(c4nc(C(F)F)cc(C(N)=O)c4F)C3)c(Cl)c2)n1. The Kier molecular flexibility index (Phi) is 6.42. The van der Waals surface area contributed by atoms with Gasteiger partial charge in [-0.25, -0.2) is 27.8 Å². The van der Waals surface area contributed by atoms with Crippen LogP contribution in [-0.2, 0) is 0 Å². The van der Waals surface area contributed by atoms with Crippen molar-refractivity contribution in [2.75, 3.05) is 18.0 Å². The number of aromatic nitrogens is 4. The third kappa shape index (κ3) is 4.67. The van der Waals surface area contributed by atoms with Crippen LogP contribution in [0.15, 0.2) is 30.6 Å². The van der Waals surface area contributed by atoms with Crippen molar-refractivity contribution in [3.8, 4) is 5.69 Å². The quantitative estimate of drug-likeness (QED) is 0.545. The van der Waals surface area contributed by atoms with E-state index in [0.29, 0.717) is 24.0 Å². The first-order valence-electron chi connectivity index (χ1n) is 10.2. The molecule has 1 aromatic carbocycles. The number of nitrogens with two attached hydrogens (primary N) is 1. The lowest BCUT2D eigenvalue weighted by molar-refractivity contribution is 0.0939. The number of rotatable bonds is 6. The molecule has 3 heterocycles. The van der Waals surface area contributed by atoms with Gasteiger partial charge in [-0.3, -0.25) is 9.59 Å². The maximum atomic E-state index is 14.7. The number of nitrogens with zero attached hydrogens (tertiary/aromatic N) is 5. The monoisotopic (exact) mass is 493 g/mol. The van der Waals surface area contributed by atoms with E-state index in [9.17, 15) is 22.8 Å². The minimum absolute atomic E-state index is 0.0918. The van der Waals surface area contributed by atoms with Crippen molar-refractivity contribution in [2.24, 2.45) is 5.73 Å². The molecule has 0 bridgehead atoms. The number of hydrogen-bond acceptors (Lipinski definition) is 6. The van der Waals surface area contributed by atoms with Crippen LogP contribution in [0.1, 0.15) is 45.1 Å². The molecule has 13 heteroatoms. The van der Waals surface area contributed by atoms with Gasteiger partial charge in [0, 0.05) is 19.1 Å². The number of hydrogen-bond donors (Lipinski definition) is 2. The summed E-state index contributed by atoms with van der Waals surface area (Å²) in [6.45, 7) is 2.05. The summed E-state index contributed by atoms with van der Waals surface area (Å²) in [5.41, 5.74) is 4.55. The second kappa shape index (κ2) is 9.29. The Hall–Kier alpha value is -3.67. The zero-order valence-corrected chi connectivity index (χ0v) is 18.6. The molecule has 0 spiro atoms. The minimum atomic E-state index is -3.01. The summed E-state index contributed by atoms with van der Waals surface area (Å²) in [5, 5.41) is 7.19. The number of carbonyl (C=O) groups is 2. The van der Waals surface area contributed by atoms with Crippen molar-refractivity contribution < 1.29 is 22.8 Å². The number of primary amides is 1. The number of amides is 2. The van der Waals surface area contributed by atoms with Gasteiger partial charge in [0.2, 0.25) is 0 Å². The van der Waals surface area contributed by atoms with Crippen LogP contribution in [0.5, 0.6) is 0 Å². The average molecular weight is 494 g/mol. The Bertz CT molecular complexity index is 1270. The van der Waals surface area contributed by atoms with Crippen LogP contribution in [0.2, 0.25) is 5.02 Å². The number of pyridine rings is 1. The first-order chi connectivity index (χ1) is 16.1. The predicted octanol–water partition coefficient (Wildman–Crippen LogP) is 2.81. The lowest BCUT2D eigenvalue weighted by Crippen LogP contribution is -2.37. The van der Waals surface area contributed by atoms with Crippen molar-refractivity contribution in [3.05, 3.63) is 64.1 Å². The van der Waals surface area contributed by atoms with Gasteiger partial charge in [-0.15, -0.1) is 0 Å². The largest absolute Gasteiger partial charge is 0.366 e. The van der Waals surface area contributed by atoms with Gasteiger partial charge in [-0.05, 0) is 37.6 Å². The fourth-order valence-corrected chi connectivity index (χ4v) is 3.93. The van der Waals surface area contributed by atoms with E-state index in [0.717, 1.165) is 0 Å². The van der Waals surface area contributed by atoms with Gasteiger partial charge in [-0.1, -0.05) is 11.6 Å². The molecule has 0 aliphatic carbocycles. The van der Waals surface area contributed by atoms with Gasteiger partial charge in [0.05, 0.1) is 21.8 Å². The molecule has 1 fully saturated rings. The summed E-state index contributed by atoms with van der Waals surface area (Å²) >= 11 is 6.30. The van der Waals surface area contributed by atoms with E-state index in [2.05, 4.69) is 20.4 Å². The molecule has 1 aliphatic rings. The molecule has 2 amide bonds. The lowest BCUT2D eigenvalue weighted by atomic mass is 10.1. The van der Waals surface area contributed by atoms with Crippen molar-refractivity contribution in [1.82, 2.24) is 25.1 Å². The highest BCUT2D eigenvalue weighted by Crippen LogP contribution is 2.29. The minimum Gasteiger partial charge on any atom is -0.366 e. The van der Waals surface area contributed by atoms with Gasteiger partial charge in [0.1, 0.15) is 17.8 Å². The highest BCUT2D eigenvalue weighted by atomic mass is 35.5. The molecule has 9 nitrogen and oxygen atoms in total. The van der Waals surface area contributed by atoms with Crippen LogP contribution in [0.3, 0.4) is 0 Å². The molecule has 178 valence electrons. The van der Waals surface area contributed by atoms with E-state index in [1.807, 2.05) is 0 Å². The molecule has 4 rings (SSSR count). The molecule has 0 radical (unpaired) electrons. The third-order valence-corrected chi connectivity index (χ3v) is 5.65. The predicted molar refractivity (Wildman–Crippen MR) is 117 cm³/mol. The number of benzene rings is 1. The standard InChI is InChI=1S/C21H19ClF3N7O2/c1-10-27-9-32(30-10)12-2-3-13(15(22)6-12)21(34)28-11-4-5-31(8-11)20-17(23)14(19(26)33)7-16(29-20)18(24)25/h2-3,6-7,9,11,18H,4-5,8H2,1H3,(H2,26,33)(H,28,34). The lowest BCUT2D eigenvalue weighted by Gasteiger charge is -2.20. The van der Waals surface area contributed by atoms with Crippen LogP contribution in [-0.4, -0.2) is 50.7 Å². The Morgan fingerprint density at radius 1 is 1.26 bits per heavy atom. The average Bonchev–Trinajstić information content (AvgIpc) is 3.42. The molecule has 1 atom stereocenters. The van der Waals surface area contributed by atoms with E-state index in [1.54, 1.807) is 25.1 Å². The fourth-order valence-electron chi connectivity index (χ4n) is 3.67. The Morgan fingerprint density at radius 2 is 2.03 bits per heavy atom. The fraction of sp³-hybridized carbons (Fsp3) is 0.286. The van der Waals surface area contributed by atoms with Crippen LogP contribution in [0, 0.1) is 12.7 Å². The summed E-state index contributed by atoms with van der Waals surface area (Å²) in [4.78, 5) is 33.4. The number of halogens is 4.